The smallest absolute Gasteiger partial charge is 0.0943 e. The van der Waals surface area contributed by atoms with E-state index < -0.39 is 0 Å². The molecule has 3 nitrogen and oxygen atoms in total. The Morgan fingerprint density at radius 3 is 2.42 bits per heavy atom. The molecule has 0 N–H and O–H groups in total. The van der Waals surface area contributed by atoms with Crippen molar-refractivity contribution in [3.8, 4) is 0 Å². The Kier molecular flexibility index (Phi) is 7.70. The van der Waals surface area contributed by atoms with E-state index in [1.54, 1.807) is 19.6 Å². The first kappa shape index (κ1) is 11.2. The van der Waals surface area contributed by atoms with E-state index in [4.69, 9.17) is 4.74 Å². The molecule has 0 atom stereocenters. The summed E-state index contributed by atoms with van der Waals surface area (Å²) in [5.74, 6) is 0. The summed E-state index contributed by atoms with van der Waals surface area (Å²) in [4.78, 5) is 3.78. The van der Waals surface area contributed by atoms with Crippen LogP contribution in [0.15, 0.2) is 18.7 Å². The van der Waals surface area contributed by atoms with Gasteiger partial charge in [-0.2, -0.15) is 0 Å². The predicted octanol–water partition coefficient (Wildman–Crippen LogP) is 1.85. The first-order valence-corrected chi connectivity index (χ1v) is 4.22. The molecule has 0 fully saturated rings. The summed E-state index contributed by atoms with van der Waals surface area (Å²) >= 11 is 0. The van der Waals surface area contributed by atoms with Gasteiger partial charge in [0.1, 0.15) is 0 Å². The van der Waals surface area contributed by atoms with Crippen LogP contribution >= 0.6 is 0 Å². The lowest BCUT2D eigenvalue weighted by Crippen LogP contribution is -1.84. The standard InChI is InChI=1S/C5H12O.C4H6N2/c1-3-4-5-6-2;1-6-3-2-5-4-6/h3-5H2,1-2H3;2-4H,1H3. The van der Waals surface area contributed by atoms with Crippen molar-refractivity contribution < 1.29 is 4.74 Å². The molecule has 0 bridgehead atoms. The lowest BCUT2D eigenvalue weighted by Gasteiger charge is -1.89. The molecular weight excluding hydrogens is 152 g/mol. The van der Waals surface area contributed by atoms with Gasteiger partial charge < -0.3 is 9.30 Å². The molecule has 0 unspecified atom stereocenters. The number of unbranched alkanes of at least 4 members (excludes halogenated alkanes) is 1. The normalized spacial score (nSPS) is 8.92. The average molecular weight is 170 g/mol. The van der Waals surface area contributed by atoms with Crippen LogP contribution in [0.25, 0.3) is 0 Å². The zero-order valence-corrected chi connectivity index (χ0v) is 8.16. The highest BCUT2D eigenvalue weighted by molar-refractivity contribution is 4.70. The number of imidazole rings is 1. The molecule has 0 saturated heterocycles. The Morgan fingerprint density at radius 1 is 1.50 bits per heavy atom. The molecule has 1 rings (SSSR count). The molecule has 1 aromatic rings. The van der Waals surface area contributed by atoms with Gasteiger partial charge in [-0.25, -0.2) is 4.98 Å². The van der Waals surface area contributed by atoms with Crippen LogP contribution in [0.2, 0.25) is 0 Å². The van der Waals surface area contributed by atoms with E-state index in [1.165, 1.54) is 12.8 Å². The zero-order chi connectivity index (χ0) is 9.23. The Bertz CT molecular complexity index is 157. The number of aromatic nitrogens is 2. The largest absolute Gasteiger partial charge is 0.385 e. The maximum Gasteiger partial charge on any atom is 0.0943 e. The molecule has 70 valence electrons. The van der Waals surface area contributed by atoms with Crippen LogP contribution < -0.4 is 0 Å². The number of nitrogens with zero attached hydrogens (tertiary/aromatic N) is 2. The summed E-state index contributed by atoms with van der Waals surface area (Å²) < 4.78 is 6.67. The SMILES string of the molecule is CCCCOC.Cn1ccnc1. The Hall–Kier alpha value is -0.830. The van der Waals surface area contributed by atoms with Crippen LogP contribution in [0.5, 0.6) is 0 Å². The number of aryl methyl sites for hydroxylation is 1. The second-order valence-electron chi connectivity index (χ2n) is 2.57. The van der Waals surface area contributed by atoms with Gasteiger partial charge in [-0.1, -0.05) is 13.3 Å². The minimum absolute atomic E-state index is 0.913. The van der Waals surface area contributed by atoms with E-state index in [0.717, 1.165) is 6.61 Å². The monoisotopic (exact) mass is 170 g/mol. The molecule has 12 heavy (non-hydrogen) atoms. The van der Waals surface area contributed by atoms with Crippen molar-refractivity contribution in [2.24, 2.45) is 7.05 Å². The second-order valence-corrected chi connectivity index (χ2v) is 2.57. The fourth-order valence-electron chi connectivity index (χ4n) is 0.614. The van der Waals surface area contributed by atoms with Crippen molar-refractivity contribution in [1.29, 1.82) is 0 Å². The van der Waals surface area contributed by atoms with E-state index in [2.05, 4.69) is 11.9 Å². The van der Waals surface area contributed by atoms with Crippen molar-refractivity contribution in [2.45, 2.75) is 19.8 Å². The Labute approximate surface area is 74.4 Å². The average Bonchev–Trinajstić information content (AvgIpc) is 2.53. The van der Waals surface area contributed by atoms with E-state index in [9.17, 15) is 0 Å². The van der Waals surface area contributed by atoms with Gasteiger partial charge in [0.25, 0.3) is 0 Å². The van der Waals surface area contributed by atoms with Crippen LogP contribution in [0.4, 0.5) is 0 Å². The predicted molar refractivity (Wildman–Crippen MR) is 50.0 cm³/mol. The maximum absolute atomic E-state index is 4.78. The van der Waals surface area contributed by atoms with E-state index in [1.807, 2.05) is 17.8 Å². The molecule has 1 heterocycles. The molecule has 0 saturated carbocycles. The van der Waals surface area contributed by atoms with E-state index in [-0.39, 0.29) is 0 Å². The molecule has 0 aliphatic carbocycles. The topological polar surface area (TPSA) is 27.1 Å². The Balaban J connectivity index is 0.000000202. The molecule has 0 radical (unpaired) electrons. The van der Waals surface area contributed by atoms with Gasteiger partial charge in [0.05, 0.1) is 6.33 Å². The van der Waals surface area contributed by atoms with Crippen molar-refractivity contribution in [2.75, 3.05) is 13.7 Å². The van der Waals surface area contributed by atoms with Crippen molar-refractivity contribution >= 4 is 0 Å². The van der Waals surface area contributed by atoms with Gasteiger partial charge in [-0.15, -0.1) is 0 Å². The first-order chi connectivity index (χ1) is 5.81. The lowest BCUT2D eigenvalue weighted by atomic mass is 10.4. The zero-order valence-electron chi connectivity index (χ0n) is 8.16. The minimum Gasteiger partial charge on any atom is -0.385 e. The first-order valence-electron chi connectivity index (χ1n) is 4.22. The number of hydrogen-bond acceptors (Lipinski definition) is 2. The summed E-state index contributed by atoms with van der Waals surface area (Å²) in [6.45, 7) is 3.07. The highest BCUT2D eigenvalue weighted by Crippen LogP contribution is 1.83. The molecular formula is C9H18N2O. The Morgan fingerprint density at radius 2 is 2.25 bits per heavy atom. The number of methoxy groups -OCH3 is 1. The summed E-state index contributed by atoms with van der Waals surface area (Å²) in [5.41, 5.74) is 0. The minimum atomic E-state index is 0.913. The number of ether oxygens (including phenoxy) is 1. The molecule has 3 heteroatoms. The highest BCUT2D eigenvalue weighted by atomic mass is 16.5. The van der Waals surface area contributed by atoms with Crippen LogP contribution in [0, 0.1) is 0 Å². The van der Waals surface area contributed by atoms with Crippen LogP contribution in [0.3, 0.4) is 0 Å². The molecule has 0 aromatic carbocycles. The maximum atomic E-state index is 4.78. The van der Waals surface area contributed by atoms with Crippen LogP contribution in [-0.4, -0.2) is 23.3 Å². The summed E-state index contributed by atoms with van der Waals surface area (Å²) in [6, 6.07) is 0. The van der Waals surface area contributed by atoms with Gasteiger partial charge in [0, 0.05) is 33.2 Å². The number of rotatable bonds is 3. The van der Waals surface area contributed by atoms with Crippen LogP contribution in [-0.2, 0) is 11.8 Å². The number of hydrogen-bond donors (Lipinski definition) is 0. The lowest BCUT2D eigenvalue weighted by molar-refractivity contribution is 0.194. The van der Waals surface area contributed by atoms with Gasteiger partial charge >= 0.3 is 0 Å². The molecule has 0 aliphatic heterocycles. The second kappa shape index (κ2) is 8.27. The molecule has 0 aliphatic rings. The van der Waals surface area contributed by atoms with E-state index in [0.29, 0.717) is 0 Å². The van der Waals surface area contributed by atoms with Crippen molar-refractivity contribution in [3.05, 3.63) is 18.7 Å². The van der Waals surface area contributed by atoms with Crippen molar-refractivity contribution in [3.63, 3.8) is 0 Å². The van der Waals surface area contributed by atoms with Crippen molar-refractivity contribution in [1.82, 2.24) is 9.55 Å². The third-order valence-electron chi connectivity index (χ3n) is 1.34. The highest BCUT2D eigenvalue weighted by Gasteiger charge is 1.74. The third kappa shape index (κ3) is 7.28. The van der Waals surface area contributed by atoms with Crippen LogP contribution in [0.1, 0.15) is 19.8 Å². The quantitative estimate of drug-likeness (QED) is 0.647. The molecule has 0 spiro atoms. The van der Waals surface area contributed by atoms with E-state index >= 15 is 0 Å². The summed E-state index contributed by atoms with van der Waals surface area (Å²) in [5, 5.41) is 0. The third-order valence-corrected chi connectivity index (χ3v) is 1.34. The molecule has 1 aromatic heterocycles. The summed E-state index contributed by atoms with van der Waals surface area (Å²) in [7, 11) is 3.67. The fourth-order valence-corrected chi connectivity index (χ4v) is 0.614. The van der Waals surface area contributed by atoms with Gasteiger partial charge in [0.15, 0.2) is 0 Å². The fraction of sp³-hybridized carbons (Fsp3) is 0.667. The summed E-state index contributed by atoms with van der Waals surface area (Å²) in [6.07, 6.45) is 7.81. The molecule has 0 amide bonds. The van der Waals surface area contributed by atoms with Gasteiger partial charge in [-0.3, -0.25) is 0 Å². The van der Waals surface area contributed by atoms with Gasteiger partial charge in [-0.05, 0) is 6.42 Å². The van der Waals surface area contributed by atoms with Gasteiger partial charge in [0.2, 0.25) is 0 Å².